The molecule has 1 aliphatic heterocycles. The highest BCUT2D eigenvalue weighted by Crippen LogP contribution is 2.24. The van der Waals surface area contributed by atoms with Gasteiger partial charge in [-0.3, -0.25) is 4.79 Å². The summed E-state index contributed by atoms with van der Waals surface area (Å²) in [6, 6.07) is 13.5. The first-order valence-electron chi connectivity index (χ1n) is 8.84. The minimum absolute atomic E-state index is 0.0110. The Kier molecular flexibility index (Phi) is 6.01. The molecular formula is C20H25ClN3O2+. The summed E-state index contributed by atoms with van der Waals surface area (Å²) in [7, 11) is 1.60. The smallest absolute Gasteiger partial charge is 0.279 e. The highest BCUT2D eigenvalue weighted by Gasteiger charge is 2.23. The fourth-order valence-electron chi connectivity index (χ4n) is 3.33. The molecule has 6 heteroatoms. The number of amides is 1. The van der Waals surface area contributed by atoms with Gasteiger partial charge < -0.3 is 19.9 Å². The van der Waals surface area contributed by atoms with Crippen molar-refractivity contribution in [3.05, 3.63) is 53.1 Å². The Morgan fingerprint density at radius 3 is 2.69 bits per heavy atom. The molecule has 0 saturated carbocycles. The molecule has 2 aromatic carbocycles. The molecule has 0 atom stereocenters. The second-order valence-corrected chi connectivity index (χ2v) is 7.03. The van der Waals surface area contributed by atoms with Crippen LogP contribution in [0.1, 0.15) is 5.56 Å². The molecule has 1 fully saturated rings. The maximum Gasteiger partial charge on any atom is 0.279 e. The topological polar surface area (TPSA) is 46.0 Å². The lowest BCUT2D eigenvalue weighted by Crippen LogP contribution is -3.15. The minimum atomic E-state index is 0.0110. The molecule has 0 aliphatic carbocycles. The van der Waals surface area contributed by atoms with Crippen LogP contribution in [0.4, 0.5) is 11.4 Å². The number of nitrogens with one attached hydrogen (secondary N) is 2. The molecule has 0 radical (unpaired) electrons. The van der Waals surface area contributed by atoms with Crippen LogP contribution in [0.3, 0.4) is 0 Å². The average molecular weight is 375 g/mol. The van der Waals surface area contributed by atoms with Gasteiger partial charge >= 0.3 is 0 Å². The van der Waals surface area contributed by atoms with Crippen molar-refractivity contribution in [1.82, 2.24) is 0 Å². The molecule has 2 N–H and O–H groups in total. The molecule has 1 heterocycles. The number of halogens is 1. The number of carbonyl (C=O) groups excluding carboxylic acids is 1. The molecule has 0 unspecified atom stereocenters. The van der Waals surface area contributed by atoms with Crippen LogP contribution in [0.25, 0.3) is 0 Å². The Morgan fingerprint density at radius 1 is 1.23 bits per heavy atom. The van der Waals surface area contributed by atoms with Gasteiger partial charge in [-0.05, 0) is 36.8 Å². The lowest BCUT2D eigenvalue weighted by atomic mass is 10.1. The van der Waals surface area contributed by atoms with Crippen LogP contribution in [0.2, 0.25) is 5.02 Å². The third kappa shape index (κ3) is 4.48. The molecule has 26 heavy (non-hydrogen) atoms. The predicted molar refractivity (Wildman–Crippen MR) is 106 cm³/mol. The average Bonchev–Trinajstić information content (AvgIpc) is 2.65. The molecule has 1 aliphatic rings. The largest absolute Gasteiger partial charge is 0.495 e. The van der Waals surface area contributed by atoms with E-state index in [1.807, 2.05) is 36.4 Å². The van der Waals surface area contributed by atoms with E-state index in [-0.39, 0.29) is 5.91 Å². The number of rotatable bonds is 5. The van der Waals surface area contributed by atoms with Gasteiger partial charge in [-0.15, -0.1) is 0 Å². The Labute approximate surface area is 159 Å². The molecule has 0 aromatic heterocycles. The number of anilines is 2. The first-order valence-corrected chi connectivity index (χ1v) is 9.22. The van der Waals surface area contributed by atoms with Gasteiger partial charge in [0.15, 0.2) is 6.54 Å². The number of methoxy groups -OCH3 is 1. The zero-order valence-corrected chi connectivity index (χ0v) is 16.0. The Hall–Kier alpha value is -2.24. The maximum absolute atomic E-state index is 12.4. The van der Waals surface area contributed by atoms with Crippen LogP contribution < -0.4 is 19.9 Å². The monoisotopic (exact) mass is 374 g/mol. The fourth-order valence-corrected chi connectivity index (χ4v) is 3.50. The van der Waals surface area contributed by atoms with Crippen molar-refractivity contribution in [3.63, 3.8) is 0 Å². The zero-order valence-electron chi connectivity index (χ0n) is 15.2. The molecule has 1 saturated heterocycles. The number of hydrogen-bond acceptors (Lipinski definition) is 3. The second-order valence-electron chi connectivity index (χ2n) is 6.59. The van der Waals surface area contributed by atoms with E-state index in [4.69, 9.17) is 16.3 Å². The van der Waals surface area contributed by atoms with Crippen LogP contribution in [-0.4, -0.2) is 45.7 Å². The van der Waals surface area contributed by atoms with Crippen molar-refractivity contribution in [3.8, 4) is 5.75 Å². The number of piperazine rings is 1. The van der Waals surface area contributed by atoms with E-state index in [1.54, 1.807) is 7.11 Å². The van der Waals surface area contributed by atoms with Crippen molar-refractivity contribution in [2.75, 3.05) is 50.1 Å². The van der Waals surface area contributed by atoms with Gasteiger partial charge in [-0.25, -0.2) is 0 Å². The molecule has 5 nitrogen and oxygen atoms in total. The summed E-state index contributed by atoms with van der Waals surface area (Å²) in [6.07, 6.45) is 0. The van der Waals surface area contributed by atoms with E-state index in [0.29, 0.717) is 18.0 Å². The van der Waals surface area contributed by atoms with E-state index in [2.05, 4.69) is 23.2 Å². The van der Waals surface area contributed by atoms with Crippen molar-refractivity contribution >= 4 is 28.9 Å². The van der Waals surface area contributed by atoms with Crippen molar-refractivity contribution in [2.45, 2.75) is 6.92 Å². The van der Waals surface area contributed by atoms with Crippen molar-refractivity contribution in [2.24, 2.45) is 0 Å². The molecular weight excluding hydrogens is 350 g/mol. The third-order valence-electron chi connectivity index (χ3n) is 4.77. The van der Waals surface area contributed by atoms with E-state index >= 15 is 0 Å². The van der Waals surface area contributed by atoms with Gasteiger partial charge in [0.05, 0.1) is 39.0 Å². The summed E-state index contributed by atoms with van der Waals surface area (Å²) in [4.78, 5) is 16.0. The first kappa shape index (κ1) is 18.5. The standard InChI is InChI=1S/C20H24ClN3O2/c1-15-7-8-16(21)13-18(15)24-11-9-23(10-12-24)14-20(25)22-17-5-3-4-6-19(17)26-2/h3-8,13H,9-12,14H2,1-2H3,(H,22,25)/p+1. The van der Waals surface area contributed by atoms with Gasteiger partial charge in [0, 0.05) is 10.7 Å². The van der Waals surface area contributed by atoms with Crippen LogP contribution in [-0.2, 0) is 4.79 Å². The number of ether oxygens (including phenoxy) is 1. The normalized spacial score (nSPS) is 15.0. The van der Waals surface area contributed by atoms with Gasteiger partial charge in [-0.1, -0.05) is 29.8 Å². The number of carbonyl (C=O) groups is 1. The summed E-state index contributed by atoms with van der Waals surface area (Å²) in [6.45, 7) is 6.24. The van der Waals surface area contributed by atoms with Crippen LogP contribution in [0.15, 0.2) is 42.5 Å². The number of aryl methyl sites for hydroxylation is 1. The Bertz CT molecular complexity index is 773. The third-order valence-corrected chi connectivity index (χ3v) is 5.01. The first-order chi connectivity index (χ1) is 12.6. The molecule has 1 amide bonds. The lowest BCUT2D eigenvalue weighted by molar-refractivity contribution is -0.892. The lowest BCUT2D eigenvalue weighted by Gasteiger charge is -2.34. The van der Waals surface area contributed by atoms with E-state index in [1.165, 1.54) is 16.2 Å². The van der Waals surface area contributed by atoms with Gasteiger partial charge in [-0.2, -0.15) is 0 Å². The van der Waals surface area contributed by atoms with E-state index in [9.17, 15) is 4.79 Å². The number of benzene rings is 2. The molecule has 138 valence electrons. The summed E-state index contributed by atoms with van der Waals surface area (Å²) >= 11 is 6.14. The molecule has 0 spiro atoms. The van der Waals surface area contributed by atoms with Gasteiger partial charge in [0.2, 0.25) is 0 Å². The molecule has 0 bridgehead atoms. The second kappa shape index (κ2) is 8.43. The number of nitrogens with zero attached hydrogens (tertiary/aromatic N) is 1. The SMILES string of the molecule is COc1ccccc1NC(=O)C[NH+]1CCN(c2cc(Cl)ccc2C)CC1. The number of para-hydroxylation sites is 2. The molecule has 2 aromatic rings. The number of hydrogen-bond donors (Lipinski definition) is 2. The quantitative estimate of drug-likeness (QED) is 0.841. The van der Waals surface area contributed by atoms with E-state index < -0.39 is 0 Å². The van der Waals surface area contributed by atoms with Gasteiger partial charge in [0.25, 0.3) is 5.91 Å². The Morgan fingerprint density at radius 2 is 1.96 bits per heavy atom. The predicted octanol–water partition coefficient (Wildman–Crippen LogP) is 2.00. The van der Waals surface area contributed by atoms with Crippen LogP contribution >= 0.6 is 11.6 Å². The summed E-state index contributed by atoms with van der Waals surface area (Å²) < 4.78 is 5.28. The van der Waals surface area contributed by atoms with Gasteiger partial charge in [0.1, 0.15) is 5.75 Å². The fraction of sp³-hybridized carbons (Fsp3) is 0.350. The highest BCUT2D eigenvalue weighted by molar-refractivity contribution is 6.30. The Balaban J connectivity index is 1.54. The highest BCUT2D eigenvalue weighted by atomic mass is 35.5. The van der Waals surface area contributed by atoms with E-state index in [0.717, 1.165) is 31.2 Å². The summed E-state index contributed by atoms with van der Waals surface area (Å²) in [5.41, 5.74) is 3.13. The maximum atomic E-state index is 12.4. The van der Waals surface area contributed by atoms with Crippen molar-refractivity contribution < 1.29 is 14.4 Å². The van der Waals surface area contributed by atoms with Crippen LogP contribution in [0, 0.1) is 6.92 Å². The minimum Gasteiger partial charge on any atom is -0.495 e. The van der Waals surface area contributed by atoms with Crippen LogP contribution in [0.5, 0.6) is 5.75 Å². The van der Waals surface area contributed by atoms with Crippen molar-refractivity contribution in [1.29, 1.82) is 0 Å². The number of quaternary nitrogens is 1. The summed E-state index contributed by atoms with van der Waals surface area (Å²) in [5, 5.41) is 3.71. The molecule has 3 rings (SSSR count). The zero-order chi connectivity index (χ0) is 18.5. The summed E-state index contributed by atoms with van der Waals surface area (Å²) in [5.74, 6) is 0.689.